The van der Waals surface area contributed by atoms with Gasteiger partial charge in [0, 0.05) is 69.5 Å². The highest BCUT2D eigenvalue weighted by Crippen LogP contribution is 2.27. The molecule has 180 valence electrons. The topological polar surface area (TPSA) is 113 Å². The molecule has 10 nitrogen and oxygen atoms in total. The predicted molar refractivity (Wildman–Crippen MR) is 132 cm³/mol. The number of morpholine rings is 1. The number of fused-ring (bicyclic) bond motifs is 1. The number of hydrogen-bond donors (Lipinski definition) is 2. The van der Waals surface area contributed by atoms with E-state index in [4.69, 9.17) is 9.72 Å². The van der Waals surface area contributed by atoms with E-state index in [9.17, 15) is 8.42 Å². The zero-order valence-electron chi connectivity index (χ0n) is 19.1. The van der Waals surface area contributed by atoms with Gasteiger partial charge >= 0.3 is 0 Å². The van der Waals surface area contributed by atoms with Crippen LogP contribution >= 0.6 is 0 Å². The lowest BCUT2D eigenvalue weighted by Gasteiger charge is -2.34. The summed E-state index contributed by atoms with van der Waals surface area (Å²) in [4.78, 5) is 16.0. The van der Waals surface area contributed by atoms with Crippen LogP contribution in [0.25, 0.3) is 22.3 Å². The quantitative estimate of drug-likeness (QED) is 0.534. The van der Waals surface area contributed by atoms with Crippen molar-refractivity contribution in [1.82, 2.24) is 24.6 Å². The molecular weight excluding hydrogens is 454 g/mol. The van der Waals surface area contributed by atoms with Crippen molar-refractivity contribution in [3.63, 3.8) is 0 Å². The summed E-state index contributed by atoms with van der Waals surface area (Å²) in [5.41, 5.74) is 4.36. The van der Waals surface area contributed by atoms with Crippen molar-refractivity contribution in [1.29, 1.82) is 0 Å². The molecule has 1 atom stereocenters. The highest BCUT2D eigenvalue weighted by molar-refractivity contribution is 7.88. The molecule has 2 aromatic heterocycles. The summed E-state index contributed by atoms with van der Waals surface area (Å²) >= 11 is 0. The number of anilines is 2. The Morgan fingerprint density at radius 2 is 1.88 bits per heavy atom. The first-order valence-electron chi connectivity index (χ1n) is 11.5. The fraction of sp³-hybridized carbons (Fsp3) is 0.435. The van der Waals surface area contributed by atoms with E-state index in [0.29, 0.717) is 45.1 Å². The number of aromatic nitrogens is 3. The Labute approximate surface area is 199 Å². The van der Waals surface area contributed by atoms with Crippen molar-refractivity contribution in [2.75, 3.05) is 68.9 Å². The third-order valence-corrected chi connectivity index (χ3v) is 7.50. The van der Waals surface area contributed by atoms with Crippen molar-refractivity contribution in [2.45, 2.75) is 6.10 Å². The van der Waals surface area contributed by atoms with Crippen LogP contribution in [0, 0.1) is 0 Å². The standard InChI is InChI=1S/C23H29N7O3S/c1-34(31,32)30-11-9-29(10-12-30)18-4-2-17(3-5-18)20-14-21-22(26-7-6-25-21)23(28-20)27-16-19-15-24-8-13-33-19/h2-7,14,19,24H,8-13,15-16H2,1H3,(H,27,28). The van der Waals surface area contributed by atoms with Crippen LogP contribution in [0.1, 0.15) is 0 Å². The number of benzene rings is 1. The van der Waals surface area contributed by atoms with Crippen molar-refractivity contribution in [2.24, 2.45) is 0 Å². The number of rotatable bonds is 6. The highest BCUT2D eigenvalue weighted by Gasteiger charge is 2.23. The van der Waals surface area contributed by atoms with Crippen LogP contribution in [-0.4, -0.2) is 92.5 Å². The molecule has 5 rings (SSSR count). The van der Waals surface area contributed by atoms with Crippen LogP contribution in [0.15, 0.2) is 42.7 Å². The van der Waals surface area contributed by atoms with Crippen LogP contribution in [0.3, 0.4) is 0 Å². The minimum absolute atomic E-state index is 0.0772. The maximum Gasteiger partial charge on any atom is 0.211 e. The summed E-state index contributed by atoms with van der Waals surface area (Å²) in [5.74, 6) is 0.691. The maximum absolute atomic E-state index is 11.8. The molecule has 2 aliphatic rings. The summed E-state index contributed by atoms with van der Waals surface area (Å²) in [6.07, 6.45) is 4.70. The Bertz CT molecular complexity index is 1240. The van der Waals surface area contributed by atoms with E-state index < -0.39 is 10.0 Å². The molecule has 2 saturated heterocycles. The summed E-state index contributed by atoms with van der Waals surface area (Å²) < 4.78 is 30.8. The molecule has 1 aromatic carbocycles. The number of piperazine rings is 1. The average molecular weight is 484 g/mol. The Balaban J connectivity index is 1.34. The molecule has 0 bridgehead atoms. The first-order chi connectivity index (χ1) is 16.5. The van der Waals surface area contributed by atoms with Gasteiger partial charge in [0.15, 0.2) is 5.82 Å². The fourth-order valence-electron chi connectivity index (χ4n) is 4.33. The summed E-state index contributed by atoms with van der Waals surface area (Å²) in [6, 6.07) is 10.2. The normalized spacial score (nSPS) is 19.9. The molecule has 34 heavy (non-hydrogen) atoms. The number of hydrogen-bond acceptors (Lipinski definition) is 9. The number of sulfonamides is 1. The van der Waals surface area contributed by atoms with Crippen LogP contribution in [0.2, 0.25) is 0 Å². The molecule has 4 heterocycles. The second-order valence-corrected chi connectivity index (χ2v) is 10.5. The van der Waals surface area contributed by atoms with E-state index >= 15 is 0 Å². The Kier molecular flexibility index (Phi) is 6.59. The van der Waals surface area contributed by atoms with E-state index in [0.717, 1.165) is 41.1 Å². The molecule has 0 amide bonds. The van der Waals surface area contributed by atoms with Crippen molar-refractivity contribution in [3.8, 4) is 11.3 Å². The minimum atomic E-state index is -3.14. The second-order valence-electron chi connectivity index (χ2n) is 8.55. The van der Waals surface area contributed by atoms with Crippen LogP contribution in [0.4, 0.5) is 11.5 Å². The van der Waals surface area contributed by atoms with Gasteiger partial charge in [-0.1, -0.05) is 12.1 Å². The lowest BCUT2D eigenvalue weighted by molar-refractivity contribution is 0.0372. The summed E-state index contributed by atoms with van der Waals surface area (Å²) in [7, 11) is -3.14. The number of ether oxygens (including phenoxy) is 1. The molecule has 3 aromatic rings. The smallest absolute Gasteiger partial charge is 0.211 e. The Hall–Kier alpha value is -2.86. The van der Waals surface area contributed by atoms with Crippen molar-refractivity contribution < 1.29 is 13.2 Å². The van der Waals surface area contributed by atoms with E-state index in [-0.39, 0.29) is 6.10 Å². The molecule has 2 N–H and O–H groups in total. The van der Waals surface area contributed by atoms with Crippen molar-refractivity contribution in [3.05, 3.63) is 42.7 Å². The maximum atomic E-state index is 11.8. The lowest BCUT2D eigenvalue weighted by Crippen LogP contribution is -2.48. The van der Waals surface area contributed by atoms with Crippen LogP contribution < -0.4 is 15.5 Å². The molecule has 0 radical (unpaired) electrons. The van der Waals surface area contributed by atoms with Gasteiger partial charge in [0.05, 0.1) is 30.2 Å². The van der Waals surface area contributed by atoms with Gasteiger partial charge in [0.25, 0.3) is 0 Å². The van der Waals surface area contributed by atoms with Gasteiger partial charge in [-0.15, -0.1) is 0 Å². The van der Waals surface area contributed by atoms with Gasteiger partial charge in [-0.2, -0.15) is 4.31 Å². The van der Waals surface area contributed by atoms with Gasteiger partial charge in [-0.3, -0.25) is 4.98 Å². The fourth-order valence-corrected chi connectivity index (χ4v) is 5.15. The largest absolute Gasteiger partial charge is 0.374 e. The molecule has 0 aliphatic carbocycles. The second kappa shape index (κ2) is 9.79. The number of nitrogens with zero attached hydrogens (tertiary/aromatic N) is 5. The van der Waals surface area contributed by atoms with Crippen molar-refractivity contribution >= 4 is 32.6 Å². The molecule has 0 saturated carbocycles. The lowest BCUT2D eigenvalue weighted by atomic mass is 10.1. The van der Waals surface area contributed by atoms with Gasteiger partial charge in [0.2, 0.25) is 10.0 Å². The minimum Gasteiger partial charge on any atom is -0.374 e. The molecule has 0 spiro atoms. The van der Waals surface area contributed by atoms with E-state index in [1.54, 1.807) is 12.4 Å². The van der Waals surface area contributed by atoms with E-state index in [1.165, 1.54) is 10.6 Å². The highest BCUT2D eigenvalue weighted by atomic mass is 32.2. The molecule has 11 heteroatoms. The summed E-state index contributed by atoms with van der Waals surface area (Å²) in [6.45, 7) is 5.36. The van der Waals surface area contributed by atoms with Gasteiger partial charge < -0.3 is 20.3 Å². The molecule has 1 unspecified atom stereocenters. The van der Waals surface area contributed by atoms with E-state index in [1.807, 2.05) is 18.2 Å². The zero-order valence-corrected chi connectivity index (χ0v) is 20.0. The molecule has 2 aliphatic heterocycles. The van der Waals surface area contributed by atoms with E-state index in [2.05, 4.69) is 37.6 Å². The molecular formula is C23H29N7O3S. The number of pyridine rings is 1. The first kappa shape index (κ1) is 22.9. The number of nitrogens with one attached hydrogen (secondary N) is 2. The first-order valence-corrected chi connectivity index (χ1v) is 13.3. The summed E-state index contributed by atoms with van der Waals surface area (Å²) in [5, 5.41) is 6.74. The predicted octanol–water partition coefficient (Wildman–Crippen LogP) is 1.17. The van der Waals surface area contributed by atoms with Gasteiger partial charge in [-0.25, -0.2) is 18.4 Å². The van der Waals surface area contributed by atoms with Crippen LogP contribution in [0.5, 0.6) is 0 Å². The Morgan fingerprint density at radius 1 is 1.12 bits per heavy atom. The van der Waals surface area contributed by atoms with Gasteiger partial charge in [-0.05, 0) is 18.2 Å². The monoisotopic (exact) mass is 483 g/mol. The zero-order chi connectivity index (χ0) is 23.5. The third kappa shape index (κ3) is 5.12. The van der Waals surface area contributed by atoms with Crippen LogP contribution in [-0.2, 0) is 14.8 Å². The SMILES string of the molecule is CS(=O)(=O)N1CCN(c2ccc(-c3cc4nccnc4c(NCC4CNCCO4)n3)cc2)CC1. The average Bonchev–Trinajstić information content (AvgIpc) is 2.87. The Morgan fingerprint density at radius 3 is 2.59 bits per heavy atom. The third-order valence-electron chi connectivity index (χ3n) is 6.19. The molecule has 2 fully saturated rings. The van der Waals surface area contributed by atoms with Gasteiger partial charge in [0.1, 0.15) is 5.52 Å².